The molecule has 1 aliphatic carbocycles. The van der Waals surface area contributed by atoms with Crippen molar-refractivity contribution in [3.8, 4) is 5.75 Å². The maximum Gasteiger partial charge on any atom is 0.123 e. The van der Waals surface area contributed by atoms with Gasteiger partial charge < -0.3 is 10.5 Å². The highest BCUT2D eigenvalue weighted by atomic mass is 32.2. The number of fused-ring (bicyclic) bond motifs is 1. The van der Waals surface area contributed by atoms with E-state index in [0.29, 0.717) is 0 Å². The molecule has 104 valence electrons. The number of nitrogen functional groups attached to an aromatic ring is 1. The van der Waals surface area contributed by atoms with Gasteiger partial charge in [0.05, 0.1) is 7.11 Å². The maximum absolute atomic E-state index is 5.86. The van der Waals surface area contributed by atoms with Gasteiger partial charge in [-0.05, 0) is 60.7 Å². The summed E-state index contributed by atoms with van der Waals surface area (Å²) < 4.78 is 5.39. The fourth-order valence-corrected chi connectivity index (χ4v) is 3.65. The summed E-state index contributed by atoms with van der Waals surface area (Å²) >= 11 is 1.84. The molecule has 3 heteroatoms. The molecule has 0 amide bonds. The quantitative estimate of drug-likeness (QED) is 0.679. The summed E-state index contributed by atoms with van der Waals surface area (Å²) in [6, 6.07) is 12.7. The van der Waals surface area contributed by atoms with Crippen molar-refractivity contribution >= 4 is 17.4 Å². The SMILES string of the molecule is COc1ccc(N)cc1CSc1ccc2c(c1)CCC2. The first kappa shape index (κ1) is 13.4. The van der Waals surface area contributed by atoms with Gasteiger partial charge in [0, 0.05) is 21.9 Å². The molecule has 2 nitrogen and oxygen atoms in total. The number of aryl methyl sites for hydroxylation is 2. The van der Waals surface area contributed by atoms with Crippen LogP contribution in [0.2, 0.25) is 0 Å². The van der Waals surface area contributed by atoms with Gasteiger partial charge in [0.25, 0.3) is 0 Å². The fraction of sp³-hybridized carbons (Fsp3) is 0.294. The van der Waals surface area contributed by atoms with Gasteiger partial charge in [-0.3, -0.25) is 0 Å². The molecule has 0 bridgehead atoms. The third-order valence-corrected chi connectivity index (χ3v) is 4.81. The van der Waals surface area contributed by atoms with Gasteiger partial charge in [-0.25, -0.2) is 0 Å². The Morgan fingerprint density at radius 2 is 1.95 bits per heavy atom. The monoisotopic (exact) mass is 285 g/mol. The van der Waals surface area contributed by atoms with Crippen LogP contribution in [0, 0.1) is 0 Å². The molecule has 3 rings (SSSR count). The Labute approximate surface area is 124 Å². The topological polar surface area (TPSA) is 35.2 Å². The Morgan fingerprint density at radius 3 is 2.80 bits per heavy atom. The van der Waals surface area contributed by atoms with Crippen LogP contribution in [0.15, 0.2) is 41.3 Å². The first-order valence-electron chi connectivity index (χ1n) is 6.93. The molecule has 0 saturated heterocycles. The Kier molecular flexibility index (Phi) is 3.88. The molecule has 0 radical (unpaired) electrons. The highest BCUT2D eigenvalue weighted by Gasteiger charge is 2.11. The fourth-order valence-electron chi connectivity index (χ4n) is 2.71. The van der Waals surface area contributed by atoms with E-state index in [0.717, 1.165) is 22.8 Å². The van der Waals surface area contributed by atoms with E-state index in [9.17, 15) is 0 Å². The van der Waals surface area contributed by atoms with E-state index in [1.807, 2.05) is 30.0 Å². The highest BCUT2D eigenvalue weighted by molar-refractivity contribution is 7.98. The molecule has 20 heavy (non-hydrogen) atoms. The second kappa shape index (κ2) is 5.80. The van der Waals surface area contributed by atoms with Crippen LogP contribution in [-0.4, -0.2) is 7.11 Å². The van der Waals surface area contributed by atoms with E-state index in [1.54, 1.807) is 7.11 Å². The molecule has 0 fully saturated rings. The highest BCUT2D eigenvalue weighted by Crippen LogP contribution is 2.32. The smallest absolute Gasteiger partial charge is 0.123 e. The third-order valence-electron chi connectivity index (χ3n) is 3.77. The largest absolute Gasteiger partial charge is 0.496 e. The van der Waals surface area contributed by atoms with Crippen molar-refractivity contribution in [3.63, 3.8) is 0 Å². The molecular formula is C17H19NOS. The van der Waals surface area contributed by atoms with Crippen LogP contribution in [0.25, 0.3) is 0 Å². The van der Waals surface area contributed by atoms with Crippen molar-refractivity contribution in [1.82, 2.24) is 0 Å². The summed E-state index contributed by atoms with van der Waals surface area (Å²) in [5, 5.41) is 0. The molecule has 2 aromatic carbocycles. The van der Waals surface area contributed by atoms with Crippen molar-refractivity contribution in [2.24, 2.45) is 0 Å². The van der Waals surface area contributed by atoms with E-state index in [-0.39, 0.29) is 0 Å². The van der Waals surface area contributed by atoms with Gasteiger partial charge in [0.1, 0.15) is 5.75 Å². The zero-order valence-electron chi connectivity index (χ0n) is 11.7. The second-order valence-electron chi connectivity index (χ2n) is 5.14. The van der Waals surface area contributed by atoms with E-state index < -0.39 is 0 Å². The van der Waals surface area contributed by atoms with Gasteiger partial charge in [0.15, 0.2) is 0 Å². The maximum atomic E-state index is 5.86. The number of thioether (sulfide) groups is 1. The summed E-state index contributed by atoms with van der Waals surface area (Å²) in [4.78, 5) is 1.33. The standard InChI is InChI=1S/C17H19NOS/c1-19-17-8-6-15(18)9-14(17)11-20-16-7-5-12-3-2-4-13(12)10-16/h5-10H,2-4,11,18H2,1H3. The average Bonchev–Trinajstić information content (AvgIpc) is 2.92. The summed E-state index contributed by atoms with van der Waals surface area (Å²) in [5.74, 6) is 1.79. The second-order valence-corrected chi connectivity index (χ2v) is 6.19. The Morgan fingerprint density at radius 1 is 1.10 bits per heavy atom. The number of anilines is 1. The van der Waals surface area contributed by atoms with Crippen LogP contribution in [0.5, 0.6) is 5.75 Å². The molecule has 0 aromatic heterocycles. The van der Waals surface area contributed by atoms with Gasteiger partial charge in [-0.2, -0.15) is 0 Å². The predicted molar refractivity (Wildman–Crippen MR) is 85.4 cm³/mol. The van der Waals surface area contributed by atoms with Crippen molar-refractivity contribution in [2.75, 3.05) is 12.8 Å². The first-order chi connectivity index (χ1) is 9.76. The molecule has 0 unspecified atom stereocenters. The molecule has 0 saturated carbocycles. The number of hydrogen-bond donors (Lipinski definition) is 1. The molecule has 0 spiro atoms. The lowest BCUT2D eigenvalue weighted by Crippen LogP contribution is -1.93. The van der Waals surface area contributed by atoms with Crippen molar-refractivity contribution in [1.29, 1.82) is 0 Å². The summed E-state index contributed by atoms with van der Waals surface area (Å²) in [6.07, 6.45) is 3.77. The van der Waals surface area contributed by atoms with E-state index in [1.165, 1.54) is 35.3 Å². The van der Waals surface area contributed by atoms with E-state index in [2.05, 4.69) is 18.2 Å². The Hall–Kier alpha value is -1.61. The summed E-state index contributed by atoms with van der Waals surface area (Å²) in [6.45, 7) is 0. The number of ether oxygens (including phenoxy) is 1. The van der Waals surface area contributed by atoms with Crippen molar-refractivity contribution < 1.29 is 4.74 Å². The number of methoxy groups -OCH3 is 1. The normalized spacial score (nSPS) is 13.2. The van der Waals surface area contributed by atoms with Crippen LogP contribution >= 0.6 is 11.8 Å². The number of hydrogen-bond acceptors (Lipinski definition) is 3. The zero-order valence-corrected chi connectivity index (χ0v) is 12.5. The summed E-state index contributed by atoms with van der Waals surface area (Å²) in [5.41, 5.74) is 10.8. The lowest BCUT2D eigenvalue weighted by molar-refractivity contribution is 0.411. The Balaban J connectivity index is 1.75. The van der Waals surface area contributed by atoms with Crippen LogP contribution in [0.1, 0.15) is 23.1 Å². The molecule has 2 N–H and O–H groups in total. The molecular weight excluding hydrogens is 266 g/mol. The van der Waals surface area contributed by atoms with Gasteiger partial charge in [-0.15, -0.1) is 11.8 Å². The van der Waals surface area contributed by atoms with Crippen LogP contribution in [0.4, 0.5) is 5.69 Å². The molecule has 0 heterocycles. The molecule has 1 aliphatic rings. The molecule has 2 aromatic rings. The van der Waals surface area contributed by atoms with Crippen LogP contribution < -0.4 is 10.5 Å². The van der Waals surface area contributed by atoms with Crippen molar-refractivity contribution in [2.45, 2.75) is 29.9 Å². The summed E-state index contributed by atoms with van der Waals surface area (Å²) in [7, 11) is 1.70. The third kappa shape index (κ3) is 2.78. The van der Waals surface area contributed by atoms with Gasteiger partial charge in [-0.1, -0.05) is 6.07 Å². The lowest BCUT2D eigenvalue weighted by Gasteiger charge is -2.10. The first-order valence-corrected chi connectivity index (χ1v) is 7.92. The minimum absolute atomic E-state index is 0.787. The van der Waals surface area contributed by atoms with Gasteiger partial charge >= 0.3 is 0 Å². The van der Waals surface area contributed by atoms with Crippen LogP contribution in [-0.2, 0) is 18.6 Å². The van der Waals surface area contributed by atoms with Crippen molar-refractivity contribution in [3.05, 3.63) is 53.1 Å². The number of nitrogens with two attached hydrogens (primary N) is 1. The predicted octanol–water partition coefficient (Wildman–Crippen LogP) is 4.06. The minimum atomic E-state index is 0.787. The number of rotatable bonds is 4. The molecule has 0 aliphatic heterocycles. The van der Waals surface area contributed by atoms with Crippen LogP contribution in [0.3, 0.4) is 0 Å². The number of benzene rings is 2. The van der Waals surface area contributed by atoms with E-state index >= 15 is 0 Å². The average molecular weight is 285 g/mol. The Bertz CT molecular complexity index is 624. The zero-order chi connectivity index (χ0) is 13.9. The lowest BCUT2D eigenvalue weighted by atomic mass is 10.1. The van der Waals surface area contributed by atoms with E-state index in [4.69, 9.17) is 10.5 Å². The molecule has 0 atom stereocenters. The van der Waals surface area contributed by atoms with Gasteiger partial charge in [0.2, 0.25) is 0 Å². The minimum Gasteiger partial charge on any atom is -0.496 e.